The first kappa shape index (κ1) is 21.6. The number of aliphatic hydroxyl groups excluding tert-OH is 5. The van der Waals surface area contributed by atoms with Gasteiger partial charge in [0.2, 0.25) is 0 Å². The Hall–Kier alpha value is -2.12. The van der Waals surface area contributed by atoms with Crippen molar-refractivity contribution in [1.29, 1.82) is 0 Å². The first-order chi connectivity index (χ1) is 13.6. The molecular formula is C16H16Cl2N4O7. The molecule has 0 aromatic heterocycles. The number of H-pyrrole nitrogens is 1. The molecule has 1 aromatic carbocycles. The lowest BCUT2D eigenvalue weighted by atomic mass is 10.0. The van der Waals surface area contributed by atoms with Crippen molar-refractivity contribution in [3.8, 4) is 11.5 Å². The van der Waals surface area contributed by atoms with Gasteiger partial charge in [0, 0.05) is 0 Å². The van der Waals surface area contributed by atoms with E-state index in [0.29, 0.717) is 0 Å². The van der Waals surface area contributed by atoms with E-state index in [1.807, 2.05) is 4.98 Å². The van der Waals surface area contributed by atoms with Crippen LogP contribution in [0.3, 0.4) is 0 Å². The van der Waals surface area contributed by atoms with Crippen LogP contribution in [0.25, 0.3) is 22.6 Å². The predicted octanol–water partition coefficient (Wildman–Crippen LogP) is -1.67. The maximum atomic E-state index is 12.2. The number of fused-ring (bicyclic) bond motifs is 2. The standard InChI is InChI=1S/C16H16Cl2N4O7/c17-5-1-7-8(2-6(5)18)22(3-9(24)12(26)13(27)10(25)4-23)14-11(19-7)15(28)21-16(29)20-14/h1-2,9-10,12-13,23-27H,3-4H2,(H,21,28,29)/t9-,10-,12+,13-/m1/s1. The van der Waals surface area contributed by atoms with Crippen LogP contribution in [0.5, 0.6) is 0 Å². The van der Waals surface area contributed by atoms with E-state index in [0.717, 1.165) is 0 Å². The molecule has 0 spiro atoms. The summed E-state index contributed by atoms with van der Waals surface area (Å²) in [5, 5.41) is 48.9. The van der Waals surface area contributed by atoms with Crippen molar-refractivity contribution in [2.24, 2.45) is 0 Å². The Labute approximate surface area is 171 Å². The van der Waals surface area contributed by atoms with Crippen LogP contribution < -0.4 is 11.2 Å². The molecule has 0 radical (unpaired) electrons. The fourth-order valence-electron chi connectivity index (χ4n) is 2.83. The van der Waals surface area contributed by atoms with Gasteiger partial charge in [-0.05, 0) is 12.1 Å². The molecule has 11 nitrogen and oxygen atoms in total. The molecule has 4 atom stereocenters. The van der Waals surface area contributed by atoms with Crippen LogP contribution in [0, 0.1) is 0 Å². The van der Waals surface area contributed by atoms with Crippen molar-refractivity contribution in [2.45, 2.75) is 31.0 Å². The Morgan fingerprint density at radius 1 is 1.00 bits per heavy atom. The number of hydrogen-bond acceptors (Lipinski definition) is 9. The molecule has 29 heavy (non-hydrogen) atoms. The third-order valence-electron chi connectivity index (χ3n) is 4.35. The summed E-state index contributed by atoms with van der Waals surface area (Å²) in [7, 11) is 0. The van der Waals surface area contributed by atoms with Crippen LogP contribution in [0.15, 0.2) is 21.7 Å². The highest BCUT2D eigenvalue weighted by Gasteiger charge is 2.31. The topological polar surface area (TPSA) is 182 Å². The smallest absolute Gasteiger partial charge is 0.349 e. The van der Waals surface area contributed by atoms with Gasteiger partial charge >= 0.3 is 5.69 Å². The van der Waals surface area contributed by atoms with Crippen molar-refractivity contribution < 1.29 is 25.5 Å². The summed E-state index contributed by atoms with van der Waals surface area (Å²) in [4.78, 5) is 33.7. The Bertz CT molecular complexity index is 1130. The van der Waals surface area contributed by atoms with E-state index in [-0.39, 0.29) is 32.6 Å². The third kappa shape index (κ3) is 4.12. The van der Waals surface area contributed by atoms with Gasteiger partial charge in [-0.25, -0.2) is 9.78 Å². The van der Waals surface area contributed by atoms with Gasteiger partial charge in [0.25, 0.3) is 5.56 Å². The summed E-state index contributed by atoms with van der Waals surface area (Å²) in [6.45, 7) is -1.32. The fourth-order valence-corrected chi connectivity index (χ4v) is 3.15. The fraction of sp³-hybridized carbons (Fsp3) is 0.375. The number of benzene rings is 1. The first-order valence-corrected chi connectivity index (χ1v) is 9.02. The number of aliphatic hydroxyl groups is 5. The van der Waals surface area contributed by atoms with Crippen LogP contribution >= 0.6 is 23.2 Å². The number of nitrogens with zero attached hydrogens (tertiary/aromatic N) is 3. The molecule has 0 saturated carbocycles. The molecule has 0 amide bonds. The van der Waals surface area contributed by atoms with E-state index in [4.69, 9.17) is 28.3 Å². The van der Waals surface area contributed by atoms with E-state index in [2.05, 4.69) is 9.97 Å². The zero-order valence-electron chi connectivity index (χ0n) is 14.5. The van der Waals surface area contributed by atoms with Gasteiger partial charge in [0.1, 0.15) is 24.4 Å². The Kier molecular flexibility index (Phi) is 6.19. The van der Waals surface area contributed by atoms with Crippen LogP contribution in [0.4, 0.5) is 0 Å². The molecule has 0 unspecified atom stereocenters. The second-order valence-electron chi connectivity index (χ2n) is 6.32. The second-order valence-corrected chi connectivity index (χ2v) is 7.13. The lowest BCUT2D eigenvalue weighted by Crippen LogP contribution is -2.47. The normalized spacial score (nSPS) is 16.1. The summed E-state index contributed by atoms with van der Waals surface area (Å²) in [5.41, 5.74) is -1.59. The minimum Gasteiger partial charge on any atom is -0.394 e. The molecule has 0 fully saturated rings. The molecule has 0 aliphatic carbocycles. The number of nitrogens with one attached hydrogen (secondary N) is 1. The zero-order chi connectivity index (χ0) is 21.5. The Morgan fingerprint density at radius 2 is 1.62 bits per heavy atom. The van der Waals surface area contributed by atoms with Crippen molar-refractivity contribution in [3.63, 3.8) is 0 Å². The van der Waals surface area contributed by atoms with E-state index in [9.17, 15) is 30.0 Å². The summed E-state index contributed by atoms with van der Waals surface area (Å²) in [6.07, 6.45) is -7.13. The van der Waals surface area contributed by atoms with E-state index >= 15 is 0 Å². The predicted molar refractivity (Wildman–Crippen MR) is 102 cm³/mol. The molecule has 156 valence electrons. The number of rotatable bonds is 6. The monoisotopic (exact) mass is 446 g/mol. The Balaban J connectivity index is 2.19. The summed E-state index contributed by atoms with van der Waals surface area (Å²) in [6, 6.07) is 2.74. The van der Waals surface area contributed by atoms with Crippen molar-refractivity contribution in [2.75, 3.05) is 6.61 Å². The van der Waals surface area contributed by atoms with Crippen molar-refractivity contribution in [1.82, 2.24) is 19.5 Å². The van der Waals surface area contributed by atoms with E-state index < -0.39 is 48.8 Å². The second kappa shape index (κ2) is 8.32. The van der Waals surface area contributed by atoms with Gasteiger partial charge in [-0.2, -0.15) is 4.98 Å². The number of hydrogen-bond donors (Lipinski definition) is 6. The highest BCUT2D eigenvalue weighted by atomic mass is 35.5. The molecule has 2 aliphatic heterocycles. The van der Waals surface area contributed by atoms with Crippen molar-refractivity contribution in [3.05, 3.63) is 43.0 Å². The number of aromatic nitrogens is 4. The molecule has 3 rings (SSSR count). The molecule has 1 aromatic rings. The molecule has 2 heterocycles. The first-order valence-electron chi connectivity index (χ1n) is 8.26. The number of halogens is 2. The average molecular weight is 447 g/mol. The van der Waals surface area contributed by atoms with Crippen LogP contribution in [0.1, 0.15) is 0 Å². The van der Waals surface area contributed by atoms with Crippen LogP contribution in [-0.2, 0) is 6.54 Å². The lowest BCUT2D eigenvalue weighted by Gasteiger charge is -2.27. The quantitative estimate of drug-likeness (QED) is 0.241. The SMILES string of the molecule is O=c1nc2n(C[C@@H](O)[C@H](O)[C@H](O)[C@H](O)CO)c3cc(Cl)c(Cl)cc3nc-2c(=O)[nH]1. The maximum Gasteiger partial charge on any atom is 0.349 e. The lowest BCUT2D eigenvalue weighted by molar-refractivity contribution is -0.117. The summed E-state index contributed by atoms with van der Waals surface area (Å²) in [5.74, 6) is -0.201. The van der Waals surface area contributed by atoms with E-state index in [1.54, 1.807) is 0 Å². The van der Waals surface area contributed by atoms with Gasteiger partial charge in [-0.1, -0.05) is 23.2 Å². The average Bonchev–Trinajstić information content (AvgIpc) is 2.68. The summed E-state index contributed by atoms with van der Waals surface area (Å²) < 4.78 is 1.21. The molecule has 0 saturated heterocycles. The van der Waals surface area contributed by atoms with E-state index in [1.165, 1.54) is 16.7 Å². The highest BCUT2D eigenvalue weighted by Crippen LogP contribution is 2.30. The third-order valence-corrected chi connectivity index (χ3v) is 5.07. The maximum absolute atomic E-state index is 12.2. The molecule has 13 heteroatoms. The largest absolute Gasteiger partial charge is 0.394 e. The van der Waals surface area contributed by atoms with Gasteiger partial charge < -0.3 is 30.1 Å². The highest BCUT2D eigenvalue weighted by molar-refractivity contribution is 6.42. The number of aromatic amines is 1. The van der Waals surface area contributed by atoms with Crippen LogP contribution in [-0.4, -0.2) is 76.1 Å². The van der Waals surface area contributed by atoms with Gasteiger partial charge in [0.05, 0.1) is 34.2 Å². The molecule has 0 bridgehead atoms. The summed E-state index contributed by atoms with van der Waals surface area (Å²) >= 11 is 12.0. The minimum atomic E-state index is -1.88. The minimum absolute atomic E-state index is 0.118. The zero-order valence-corrected chi connectivity index (χ0v) is 16.0. The molecular weight excluding hydrogens is 431 g/mol. The van der Waals surface area contributed by atoms with Gasteiger partial charge in [0.15, 0.2) is 11.5 Å². The Morgan fingerprint density at radius 3 is 2.28 bits per heavy atom. The van der Waals surface area contributed by atoms with Crippen LogP contribution in [0.2, 0.25) is 10.0 Å². The van der Waals surface area contributed by atoms with Gasteiger partial charge in [-0.3, -0.25) is 9.78 Å². The molecule has 6 N–H and O–H groups in total. The van der Waals surface area contributed by atoms with Crippen molar-refractivity contribution >= 4 is 34.2 Å². The molecule has 2 aliphatic rings. The van der Waals surface area contributed by atoms with Gasteiger partial charge in [-0.15, -0.1) is 0 Å².